The maximum atomic E-state index is 11.5. The second-order valence-corrected chi connectivity index (χ2v) is 4.23. The van der Waals surface area contributed by atoms with E-state index in [0.717, 1.165) is 25.8 Å². The Balaban J connectivity index is 4.76. The van der Waals surface area contributed by atoms with Crippen molar-refractivity contribution in [2.75, 3.05) is 26.7 Å². The molecule has 0 aliphatic carbocycles. The van der Waals surface area contributed by atoms with Crippen LogP contribution in [0.25, 0.3) is 0 Å². The molecule has 0 saturated carbocycles. The summed E-state index contributed by atoms with van der Waals surface area (Å²) in [5.41, 5.74) is 5.88. The molecule has 0 spiro atoms. The van der Waals surface area contributed by atoms with Gasteiger partial charge in [-0.15, -0.1) is 0 Å². The number of amides is 1. The molecule has 0 rings (SSSR count). The summed E-state index contributed by atoms with van der Waals surface area (Å²) in [5.74, 6) is 0.0631. The van der Waals surface area contributed by atoms with E-state index < -0.39 is 0 Å². The molecule has 0 aromatic heterocycles. The summed E-state index contributed by atoms with van der Waals surface area (Å²) >= 11 is 0. The Morgan fingerprint density at radius 2 is 1.88 bits per heavy atom. The Hall–Kier alpha value is -0.610. The topological polar surface area (TPSA) is 58.4 Å². The summed E-state index contributed by atoms with van der Waals surface area (Å²) in [6.07, 6.45) is 3.01. The maximum absolute atomic E-state index is 11.5. The third-order valence-electron chi connectivity index (χ3n) is 3.47. The van der Waals surface area contributed by atoms with Gasteiger partial charge < -0.3 is 11.1 Å². The minimum absolute atomic E-state index is 0.0253. The van der Waals surface area contributed by atoms with Gasteiger partial charge >= 0.3 is 0 Å². The van der Waals surface area contributed by atoms with Gasteiger partial charge in [0.1, 0.15) is 0 Å². The lowest BCUT2D eigenvalue weighted by Crippen LogP contribution is -2.56. The van der Waals surface area contributed by atoms with Gasteiger partial charge in [-0.2, -0.15) is 0 Å². The zero-order valence-corrected chi connectivity index (χ0v) is 11.2. The van der Waals surface area contributed by atoms with Crippen LogP contribution >= 0.6 is 0 Å². The third-order valence-corrected chi connectivity index (χ3v) is 3.47. The number of nitrogens with two attached hydrogens (primary N) is 1. The number of hydrogen-bond acceptors (Lipinski definition) is 3. The first-order valence-electron chi connectivity index (χ1n) is 6.25. The normalized spacial score (nSPS) is 11.9. The molecule has 0 fully saturated rings. The van der Waals surface area contributed by atoms with Crippen molar-refractivity contribution in [3.05, 3.63) is 0 Å². The van der Waals surface area contributed by atoms with Crippen molar-refractivity contribution < 1.29 is 4.79 Å². The maximum Gasteiger partial charge on any atom is 0.233 e. The summed E-state index contributed by atoms with van der Waals surface area (Å²) in [7, 11) is 1.68. The van der Waals surface area contributed by atoms with E-state index in [1.54, 1.807) is 7.05 Å². The van der Waals surface area contributed by atoms with Gasteiger partial charge in [0.25, 0.3) is 0 Å². The third kappa shape index (κ3) is 3.76. The van der Waals surface area contributed by atoms with Crippen LogP contribution in [-0.4, -0.2) is 43.0 Å². The van der Waals surface area contributed by atoms with Crippen LogP contribution in [0.15, 0.2) is 0 Å². The molecule has 0 atom stereocenters. The molecule has 0 aliphatic heterocycles. The molecule has 0 radical (unpaired) electrons. The fourth-order valence-electron chi connectivity index (χ4n) is 2.12. The predicted molar refractivity (Wildman–Crippen MR) is 68.3 cm³/mol. The molecule has 0 saturated heterocycles. The molecule has 0 bridgehead atoms. The van der Waals surface area contributed by atoms with Crippen LogP contribution in [0, 0.1) is 0 Å². The quantitative estimate of drug-likeness (QED) is 0.652. The van der Waals surface area contributed by atoms with Crippen LogP contribution in [0.1, 0.15) is 40.0 Å². The Morgan fingerprint density at radius 1 is 1.31 bits per heavy atom. The summed E-state index contributed by atoms with van der Waals surface area (Å²) in [4.78, 5) is 13.7. The Kier molecular flexibility index (Phi) is 7.34. The summed E-state index contributed by atoms with van der Waals surface area (Å²) in [6.45, 7) is 8.39. The Morgan fingerprint density at radius 3 is 2.19 bits per heavy atom. The van der Waals surface area contributed by atoms with Crippen molar-refractivity contribution in [1.82, 2.24) is 10.2 Å². The first kappa shape index (κ1) is 15.4. The van der Waals surface area contributed by atoms with Crippen LogP contribution in [0.2, 0.25) is 0 Å². The van der Waals surface area contributed by atoms with Gasteiger partial charge in [-0.1, -0.05) is 20.8 Å². The smallest absolute Gasteiger partial charge is 0.233 e. The highest BCUT2D eigenvalue weighted by molar-refractivity contribution is 5.77. The monoisotopic (exact) mass is 229 g/mol. The summed E-state index contributed by atoms with van der Waals surface area (Å²) in [6, 6.07) is 0. The molecular weight excluding hydrogens is 202 g/mol. The van der Waals surface area contributed by atoms with E-state index in [2.05, 4.69) is 31.0 Å². The number of likely N-dealkylation sites (N-methyl/N-ethyl adjacent to an activating group) is 1. The number of carbonyl (C=O) groups excluding carboxylic acids is 1. The molecule has 0 unspecified atom stereocenters. The van der Waals surface area contributed by atoms with Crippen LogP contribution in [0.3, 0.4) is 0 Å². The molecule has 0 aromatic rings. The lowest BCUT2D eigenvalue weighted by molar-refractivity contribution is -0.123. The molecule has 0 aromatic carbocycles. The van der Waals surface area contributed by atoms with Gasteiger partial charge in [-0.3, -0.25) is 9.69 Å². The standard InChI is InChI=1S/C12H27N3O/c1-5-8-15(9-11(16)14-4)12(6-2,7-3)10-13/h5-10,13H2,1-4H3,(H,14,16). The van der Waals surface area contributed by atoms with E-state index in [1.165, 1.54) is 0 Å². The van der Waals surface area contributed by atoms with E-state index in [-0.39, 0.29) is 11.4 Å². The van der Waals surface area contributed by atoms with Gasteiger partial charge in [-0.05, 0) is 25.8 Å². The lowest BCUT2D eigenvalue weighted by atomic mass is 9.90. The van der Waals surface area contributed by atoms with E-state index in [4.69, 9.17) is 5.73 Å². The van der Waals surface area contributed by atoms with E-state index >= 15 is 0 Å². The first-order valence-corrected chi connectivity index (χ1v) is 6.25. The van der Waals surface area contributed by atoms with Gasteiger partial charge in [0, 0.05) is 19.1 Å². The number of carbonyl (C=O) groups is 1. The van der Waals surface area contributed by atoms with Crippen molar-refractivity contribution in [3.8, 4) is 0 Å². The molecule has 4 heteroatoms. The first-order chi connectivity index (χ1) is 7.60. The highest BCUT2D eigenvalue weighted by Crippen LogP contribution is 2.22. The van der Waals surface area contributed by atoms with E-state index in [1.807, 2.05) is 0 Å². The minimum Gasteiger partial charge on any atom is -0.358 e. The minimum atomic E-state index is -0.0253. The summed E-state index contributed by atoms with van der Waals surface area (Å²) < 4.78 is 0. The fourth-order valence-corrected chi connectivity index (χ4v) is 2.12. The summed E-state index contributed by atoms with van der Waals surface area (Å²) in [5, 5.41) is 2.68. The van der Waals surface area contributed by atoms with Crippen molar-refractivity contribution in [2.45, 2.75) is 45.6 Å². The number of rotatable bonds is 8. The number of hydrogen-bond donors (Lipinski definition) is 2. The van der Waals surface area contributed by atoms with Crippen LogP contribution < -0.4 is 11.1 Å². The van der Waals surface area contributed by atoms with Gasteiger partial charge in [0.05, 0.1) is 6.54 Å². The molecule has 0 aliphatic rings. The molecule has 3 N–H and O–H groups in total. The van der Waals surface area contributed by atoms with E-state index in [0.29, 0.717) is 13.1 Å². The van der Waals surface area contributed by atoms with Gasteiger partial charge in [0.15, 0.2) is 0 Å². The van der Waals surface area contributed by atoms with Gasteiger partial charge in [0.2, 0.25) is 5.91 Å². The average Bonchev–Trinajstić information content (AvgIpc) is 2.32. The van der Waals surface area contributed by atoms with Crippen LogP contribution in [0.5, 0.6) is 0 Å². The molecule has 96 valence electrons. The highest BCUT2D eigenvalue weighted by Gasteiger charge is 2.32. The van der Waals surface area contributed by atoms with Gasteiger partial charge in [-0.25, -0.2) is 0 Å². The zero-order valence-electron chi connectivity index (χ0n) is 11.2. The Bertz CT molecular complexity index is 194. The largest absolute Gasteiger partial charge is 0.358 e. The molecular formula is C12H27N3O. The molecule has 4 nitrogen and oxygen atoms in total. The number of nitrogens with one attached hydrogen (secondary N) is 1. The Labute approximate surface area is 99.6 Å². The highest BCUT2D eigenvalue weighted by atomic mass is 16.1. The molecule has 0 heterocycles. The average molecular weight is 229 g/mol. The second-order valence-electron chi connectivity index (χ2n) is 4.23. The van der Waals surface area contributed by atoms with Crippen molar-refractivity contribution in [1.29, 1.82) is 0 Å². The van der Waals surface area contributed by atoms with Crippen LogP contribution in [-0.2, 0) is 4.79 Å². The zero-order chi connectivity index (χ0) is 12.6. The lowest BCUT2D eigenvalue weighted by Gasteiger charge is -2.42. The molecule has 1 amide bonds. The SMILES string of the molecule is CCCN(CC(=O)NC)C(CC)(CC)CN. The predicted octanol–water partition coefficient (Wildman–Crippen LogP) is 0.962. The van der Waals surface area contributed by atoms with Crippen molar-refractivity contribution in [3.63, 3.8) is 0 Å². The van der Waals surface area contributed by atoms with Crippen molar-refractivity contribution >= 4 is 5.91 Å². The second kappa shape index (κ2) is 7.63. The number of nitrogens with zero attached hydrogens (tertiary/aromatic N) is 1. The van der Waals surface area contributed by atoms with Crippen molar-refractivity contribution in [2.24, 2.45) is 5.73 Å². The molecule has 16 heavy (non-hydrogen) atoms. The van der Waals surface area contributed by atoms with E-state index in [9.17, 15) is 4.79 Å². The fraction of sp³-hybridized carbons (Fsp3) is 0.917. The van der Waals surface area contributed by atoms with Crippen LogP contribution in [0.4, 0.5) is 0 Å².